The van der Waals surface area contributed by atoms with Crippen molar-refractivity contribution in [1.82, 2.24) is 15.1 Å². The van der Waals surface area contributed by atoms with Crippen molar-refractivity contribution in [2.45, 2.75) is 51.2 Å². The molecule has 0 radical (unpaired) electrons. The van der Waals surface area contributed by atoms with Gasteiger partial charge in [-0.15, -0.1) is 11.3 Å². The fraction of sp³-hybridized carbons (Fsp3) is 0.765. The lowest BCUT2D eigenvalue weighted by molar-refractivity contribution is 0.0901. The Hall–Kier alpha value is -0.420. The van der Waals surface area contributed by atoms with Gasteiger partial charge in [-0.3, -0.25) is 4.90 Å². The number of likely N-dealkylation sites (tertiary alicyclic amines) is 2. The van der Waals surface area contributed by atoms with E-state index in [1.165, 1.54) is 68.0 Å². The summed E-state index contributed by atoms with van der Waals surface area (Å²) in [5, 5.41) is 3.23. The second kappa shape index (κ2) is 7.73. The maximum Gasteiger partial charge on any atom is 0.0328 e. The molecule has 21 heavy (non-hydrogen) atoms. The molecule has 1 aromatic rings. The van der Waals surface area contributed by atoms with Crippen LogP contribution in [0.25, 0.3) is 0 Å². The summed E-state index contributed by atoms with van der Waals surface area (Å²) in [4.78, 5) is 8.39. The Bertz CT molecular complexity index is 417. The van der Waals surface area contributed by atoms with Gasteiger partial charge in [-0.05, 0) is 58.0 Å². The second-order valence-electron chi connectivity index (χ2n) is 6.50. The first-order chi connectivity index (χ1) is 10.3. The topological polar surface area (TPSA) is 18.5 Å². The van der Waals surface area contributed by atoms with E-state index in [2.05, 4.69) is 27.2 Å². The van der Waals surface area contributed by atoms with Gasteiger partial charge in [0, 0.05) is 42.0 Å². The van der Waals surface area contributed by atoms with Gasteiger partial charge < -0.3 is 10.2 Å². The smallest absolute Gasteiger partial charge is 0.0328 e. The third kappa shape index (κ3) is 4.28. The molecule has 4 heteroatoms. The molecule has 0 saturated carbocycles. The maximum absolute atomic E-state index is 3.23. The zero-order valence-electron chi connectivity index (χ0n) is 13.3. The third-order valence-electron chi connectivity index (χ3n) is 4.91. The highest BCUT2D eigenvalue weighted by Crippen LogP contribution is 2.24. The number of rotatable bonds is 5. The number of piperidine rings is 2. The predicted molar refractivity (Wildman–Crippen MR) is 90.8 cm³/mol. The lowest BCUT2D eigenvalue weighted by Gasteiger charge is -2.40. The Morgan fingerprint density at radius 1 is 1.05 bits per heavy atom. The Labute approximate surface area is 133 Å². The van der Waals surface area contributed by atoms with Crippen molar-refractivity contribution in [3.05, 3.63) is 21.9 Å². The van der Waals surface area contributed by atoms with Crippen molar-refractivity contribution in [1.29, 1.82) is 0 Å². The van der Waals surface area contributed by atoms with Gasteiger partial charge in [0.2, 0.25) is 0 Å². The molecule has 1 aromatic heterocycles. The minimum absolute atomic E-state index is 0.865. The quantitative estimate of drug-likeness (QED) is 0.902. The lowest BCUT2D eigenvalue weighted by Crippen LogP contribution is -2.46. The van der Waals surface area contributed by atoms with Crippen molar-refractivity contribution < 1.29 is 0 Å². The van der Waals surface area contributed by atoms with E-state index in [-0.39, 0.29) is 0 Å². The van der Waals surface area contributed by atoms with Crippen molar-refractivity contribution >= 4 is 11.3 Å². The Balaban J connectivity index is 1.44. The van der Waals surface area contributed by atoms with Gasteiger partial charge in [0.1, 0.15) is 0 Å². The third-order valence-corrected chi connectivity index (χ3v) is 5.98. The number of nitrogens with zero attached hydrogens (tertiary/aromatic N) is 2. The summed E-state index contributed by atoms with van der Waals surface area (Å²) in [5.74, 6) is 0. The molecule has 2 fully saturated rings. The van der Waals surface area contributed by atoms with Crippen LogP contribution in [0.1, 0.15) is 41.9 Å². The predicted octanol–water partition coefficient (Wildman–Crippen LogP) is 2.92. The molecule has 2 aliphatic rings. The first kappa shape index (κ1) is 15.5. The first-order valence-electron chi connectivity index (χ1n) is 8.54. The van der Waals surface area contributed by atoms with Crippen LogP contribution in [-0.2, 0) is 13.1 Å². The summed E-state index contributed by atoms with van der Waals surface area (Å²) in [6.07, 6.45) is 7.03. The molecule has 0 spiro atoms. The highest BCUT2D eigenvalue weighted by Gasteiger charge is 2.25. The average Bonchev–Trinajstić information content (AvgIpc) is 2.97. The van der Waals surface area contributed by atoms with E-state index in [4.69, 9.17) is 0 Å². The summed E-state index contributed by atoms with van der Waals surface area (Å²) < 4.78 is 0. The Kier molecular flexibility index (Phi) is 5.69. The summed E-state index contributed by atoms with van der Waals surface area (Å²) >= 11 is 1.97. The molecule has 0 unspecified atom stereocenters. The van der Waals surface area contributed by atoms with Crippen molar-refractivity contribution in [2.75, 3.05) is 33.2 Å². The summed E-state index contributed by atoms with van der Waals surface area (Å²) in [6, 6.07) is 5.45. The van der Waals surface area contributed by atoms with Crippen molar-refractivity contribution in [3.8, 4) is 0 Å². The molecule has 0 amide bonds. The van der Waals surface area contributed by atoms with Gasteiger partial charge in [-0.25, -0.2) is 0 Å². The first-order valence-corrected chi connectivity index (χ1v) is 9.35. The van der Waals surface area contributed by atoms with Gasteiger partial charge in [-0.1, -0.05) is 6.42 Å². The molecule has 0 atom stereocenters. The zero-order valence-corrected chi connectivity index (χ0v) is 14.1. The molecule has 0 aromatic carbocycles. The van der Waals surface area contributed by atoms with Crippen LogP contribution in [0.4, 0.5) is 0 Å². The molecule has 1 N–H and O–H groups in total. The van der Waals surface area contributed by atoms with Crippen LogP contribution >= 0.6 is 11.3 Å². The number of nitrogens with one attached hydrogen (secondary N) is 1. The molecule has 118 valence electrons. The average molecular weight is 308 g/mol. The summed E-state index contributed by atoms with van der Waals surface area (Å²) in [6.45, 7) is 7.41. The van der Waals surface area contributed by atoms with Crippen LogP contribution < -0.4 is 5.32 Å². The van der Waals surface area contributed by atoms with Gasteiger partial charge in [0.05, 0.1) is 0 Å². The molecular weight excluding hydrogens is 278 g/mol. The molecule has 0 bridgehead atoms. The van der Waals surface area contributed by atoms with Crippen molar-refractivity contribution in [3.63, 3.8) is 0 Å². The van der Waals surface area contributed by atoms with E-state index in [0.29, 0.717) is 0 Å². The fourth-order valence-electron chi connectivity index (χ4n) is 3.72. The Morgan fingerprint density at radius 3 is 2.48 bits per heavy atom. The van der Waals surface area contributed by atoms with Crippen LogP contribution in [0.15, 0.2) is 12.1 Å². The molecule has 3 nitrogen and oxygen atoms in total. The Morgan fingerprint density at radius 2 is 1.76 bits per heavy atom. The van der Waals surface area contributed by atoms with E-state index < -0.39 is 0 Å². The van der Waals surface area contributed by atoms with E-state index in [9.17, 15) is 0 Å². The van der Waals surface area contributed by atoms with Crippen LogP contribution in [-0.4, -0.2) is 49.1 Å². The normalized spacial score (nSPS) is 22.7. The van der Waals surface area contributed by atoms with Gasteiger partial charge in [0.25, 0.3) is 0 Å². The van der Waals surface area contributed by atoms with E-state index in [1.807, 2.05) is 18.4 Å². The lowest BCUT2D eigenvalue weighted by atomic mass is 10.00. The summed E-state index contributed by atoms with van der Waals surface area (Å²) in [5.41, 5.74) is 0. The van der Waals surface area contributed by atoms with Crippen LogP contribution in [0.3, 0.4) is 0 Å². The molecule has 0 aliphatic carbocycles. The van der Waals surface area contributed by atoms with Crippen LogP contribution in [0.5, 0.6) is 0 Å². The standard InChI is InChI=1S/C17H29N3S/c1-18-13-16-5-6-17(21-16)14-19-11-7-15(8-12-19)20-9-3-2-4-10-20/h5-6,15,18H,2-4,7-14H2,1H3. The highest BCUT2D eigenvalue weighted by atomic mass is 32.1. The van der Waals surface area contributed by atoms with Gasteiger partial charge in [-0.2, -0.15) is 0 Å². The number of hydrogen-bond acceptors (Lipinski definition) is 4. The van der Waals surface area contributed by atoms with E-state index in [1.54, 1.807) is 0 Å². The zero-order chi connectivity index (χ0) is 14.5. The van der Waals surface area contributed by atoms with Crippen LogP contribution in [0.2, 0.25) is 0 Å². The molecule has 3 heterocycles. The maximum atomic E-state index is 3.23. The fourth-order valence-corrected chi connectivity index (χ4v) is 4.80. The van der Waals surface area contributed by atoms with Gasteiger partial charge >= 0.3 is 0 Å². The number of thiophene rings is 1. The van der Waals surface area contributed by atoms with E-state index in [0.717, 1.165) is 19.1 Å². The summed E-state index contributed by atoms with van der Waals surface area (Å²) in [7, 11) is 2.02. The molecular formula is C17H29N3S. The largest absolute Gasteiger partial charge is 0.315 e. The van der Waals surface area contributed by atoms with E-state index >= 15 is 0 Å². The minimum atomic E-state index is 0.865. The van der Waals surface area contributed by atoms with Crippen LogP contribution in [0, 0.1) is 0 Å². The SMILES string of the molecule is CNCc1ccc(CN2CCC(N3CCCCC3)CC2)s1. The highest BCUT2D eigenvalue weighted by molar-refractivity contribution is 7.11. The number of hydrogen-bond donors (Lipinski definition) is 1. The van der Waals surface area contributed by atoms with Gasteiger partial charge in [0.15, 0.2) is 0 Å². The monoisotopic (exact) mass is 307 g/mol. The second-order valence-corrected chi connectivity index (χ2v) is 7.76. The molecule has 2 aliphatic heterocycles. The molecule has 2 saturated heterocycles. The molecule has 3 rings (SSSR count). The van der Waals surface area contributed by atoms with Crippen molar-refractivity contribution in [2.24, 2.45) is 0 Å². The minimum Gasteiger partial charge on any atom is -0.315 e.